The van der Waals surface area contributed by atoms with Gasteiger partial charge in [0.15, 0.2) is 0 Å². The van der Waals surface area contributed by atoms with Gasteiger partial charge in [0.2, 0.25) is 0 Å². The van der Waals surface area contributed by atoms with Crippen molar-refractivity contribution in [2.45, 2.75) is 0 Å². The third-order valence-electron chi connectivity index (χ3n) is 1.04. The molecular weight excluding hydrogens is 243 g/mol. The molecule has 0 saturated heterocycles. The summed E-state index contributed by atoms with van der Waals surface area (Å²) in [7, 11) is 0. The molecule has 0 spiro atoms. The number of anilines is 1. The Hall–Kier alpha value is 0.0800. The Balaban J connectivity index is 3.31. The molecular formula is C6H4BrCl2N. The molecule has 0 fully saturated rings. The average Bonchev–Trinajstić information content (AvgIpc) is 1.82. The lowest BCUT2D eigenvalue weighted by Gasteiger charge is -2.00. The van der Waals surface area contributed by atoms with Gasteiger partial charge < -0.3 is 5.73 Å². The lowest BCUT2D eigenvalue weighted by Crippen LogP contribution is -1.87. The van der Waals surface area contributed by atoms with Crippen molar-refractivity contribution in [3.05, 3.63) is 26.7 Å². The van der Waals surface area contributed by atoms with Crippen molar-refractivity contribution in [2.75, 3.05) is 5.73 Å². The van der Waals surface area contributed by atoms with Crippen LogP contribution in [0.25, 0.3) is 0 Å². The number of benzene rings is 1. The van der Waals surface area contributed by atoms with Gasteiger partial charge in [0.25, 0.3) is 0 Å². The summed E-state index contributed by atoms with van der Waals surface area (Å²) in [5, 5.41) is 1.05. The van der Waals surface area contributed by atoms with Crippen LogP contribution in [0.4, 0.5) is 5.69 Å². The molecule has 0 aliphatic rings. The lowest BCUT2D eigenvalue weighted by molar-refractivity contribution is 1.63. The molecule has 1 rings (SSSR count). The SMILES string of the molecule is N[13c]1[13c](Cl)[13cH][13c](Cl)[13cH][13c]1Br. The van der Waals surface area contributed by atoms with Gasteiger partial charge in [-0.25, -0.2) is 0 Å². The first-order valence-electron chi connectivity index (χ1n) is 2.51. The fraction of sp³-hybridized carbons (Fsp3) is 0. The minimum absolute atomic E-state index is 0.472. The van der Waals surface area contributed by atoms with Crippen molar-refractivity contribution < 1.29 is 0 Å². The minimum atomic E-state index is 0.472. The molecule has 10 heavy (non-hydrogen) atoms. The zero-order valence-electron chi connectivity index (χ0n) is 4.87. The fourth-order valence-electron chi connectivity index (χ4n) is 0.553. The van der Waals surface area contributed by atoms with Gasteiger partial charge >= 0.3 is 0 Å². The van der Waals surface area contributed by atoms with E-state index in [2.05, 4.69) is 15.9 Å². The molecule has 0 saturated carbocycles. The third kappa shape index (κ3) is 1.57. The van der Waals surface area contributed by atoms with E-state index in [1.165, 1.54) is 0 Å². The summed E-state index contributed by atoms with van der Waals surface area (Å²) >= 11 is 14.5. The van der Waals surface area contributed by atoms with Crippen molar-refractivity contribution in [1.29, 1.82) is 0 Å². The maximum atomic E-state index is 5.68. The van der Waals surface area contributed by atoms with Gasteiger partial charge in [-0.05, 0) is 28.1 Å². The van der Waals surface area contributed by atoms with Crippen LogP contribution in [-0.2, 0) is 0 Å². The van der Waals surface area contributed by atoms with Crippen LogP contribution in [0.15, 0.2) is 16.6 Å². The number of halogens is 3. The lowest BCUT2D eigenvalue weighted by atomic mass is 11.3. The molecule has 0 bridgehead atoms. The summed E-state index contributed by atoms with van der Waals surface area (Å²) in [5.74, 6) is 0. The first-order chi connectivity index (χ1) is 4.61. The standard InChI is InChI=1S/C6H4BrCl2N/c7-4-1-3(8)2-5(9)6(4)10/h1-2H,10H2/i1+1,2+1,3+1,4+1,5+1,6+1. The van der Waals surface area contributed by atoms with E-state index in [-0.39, 0.29) is 0 Å². The van der Waals surface area contributed by atoms with Gasteiger partial charge in [-0.1, -0.05) is 23.2 Å². The zero-order valence-corrected chi connectivity index (χ0v) is 7.96. The Kier molecular flexibility index (Phi) is 2.45. The second kappa shape index (κ2) is 2.99. The van der Waals surface area contributed by atoms with E-state index in [1.54, 1.807) is 12.1 Å². The third-order valence-corrected chi connectivity index (χ3v) is 2.23. The second-order valence-electron chi connectivity index (χ2n) is 1.78. The van der Waals surface area contributed by atoms with Crippen LogP contribution in [0.3, 0.4) is 0 Å². The summed E-state index contributed by atoms with van der Waals surface area (Å²) in [6.45, 7) is 0. The molecule has 1 aromatic rings. The summed E-state index contributed by atoms with van der Waals surface area (Å²) < 4.78 is 0.727. The summed E-state index contributed by atoms with van der Waals surface area (Å²) in [4.78, 5) is 0. The van der Waals surface area contributed by atoms with E-state index < -0.39 is 0 Å². The molecule has 0 radical (unpaired) electrons. The number of rotatable bonds is 0. The Morgan fingerprint density at radius 3 is 2.40 bits per heavy atom. The van der Waals surface area contributed by atoms with E-state index in [1.807, 2.05) is 0 Å². The van der Waals surface area contributed by atoms with E-state index in [0.717, 1.165) is 4.47 Å². The van der Waals surface area contributed by atoms with Crippen LogP contribution >= 0.6 is 39.1 Å². The van der Waals surface area contributed by atoms with E-state index in [4.69, 9.17) is 28.9 Å². The molecule has 54 valence electrons. The summed E-state index contributed by atoms with van der Waals surface area (Å²) in [6, 6.07) is 3.30. The predicted molar refractivity (Wildman–Crippen MR) is 48.6 cm³/mol. The molecule has 2 N–H and O–H groups in total. The molecule has 1 aromatic carbocycles. The van der Waals surface area contributed by atoms with Crippen LogP contribution in [0, 0.1) is 0 Å². The molecule has 0 heterocycles. The first-order valence-corrected chi connectivity index (χ1v) is 4.06. The highest BCUT2D eigenvalue weighted by molar-refractivity contribution is 9.10. The Labute approximate surface area is 77.2 Å². The topological polar surface area (TPSA) is 26.0 Å². The predicted octanol–water partition coefficient (Wildman–Crippen LogP) is 3.34. The van der Waals surface area contributed by atoms with Crippen molar-refractivity contribution >= 4 is 44.8 Å². The average molecular weight is 247 g/mol. The van der Waals surface area contributed by atoms with E-state index >= 15 is 0 Å². The van der Waals surface area contributed by atoms with Crippen molar-refractivity contribution in [2.24, 2.45) is 0 Å². The molecule has 4 heteroatoms. The number of hydrogen-bond donors (Lipinski definition) is 1. The summed E-state index contributed by atoms with van der Waals surface area (Å²) in [6.07, 6.45) is 0. The highest BCUT2D eigenvalue weighted by Crippen LogP contribution is 2.30. The molecule has 0 aromatic heterocycles. The van der Waals surface area contributed by atoms with E-state index in [0.29, 0.717) is 15.7 Å². The maximum absolute atomic E-state index is 5.68. The normalized spacial score (nSPS) is 9.90. The molecule has 0 atom stereocenters. The van der Waals surface area contributed by atoms with Gasteiger partial charge in [0.05, 0.1) is 10.7 Å². The van der Waals surface area contributed by atoms with Gasteiger partial charge in [-0.15, -0.1) is 0 Å². The maximum Gasteiger partial charge on any atom is 0.0661 e. The molecule has 0 aliphatic carbocycles. The first kappa shape index (κ1) is 8.18. The Morgan fingerprint density at radius 1 is 1.30 bits per heavy atom. The van der Waals surface area contributed by atoms with Gasteiger partial charge in [0, 0.05) is 9.50 Å². The number of nitrogen functional groups attached to an aromatic ring is 1. The minimum Gasteiger partial charge on any atom is -0.397 e. The second-order valence-corrected chi connectivity index (χ2v) is 3.48. The zero-order chi connectivity index (χ0) is 7.72. The van der Waals surface area contributed by atoms with Gasteiger partial charge in [0.1, 0.15) is 0 Å². The van der Waals surface area contributed by atoms with Crippen LogP contribution in [-0.4, -0.2) is 0 Å². The van der Waals surface area contributed by atoms with Gasteiger partial charge in [-0.2, -0.15) is 0 Å². The van der Waals surface area contributed by atoms with Crippen LogP contribution in [0.5, 0.6) is 0 Å². The largest absolute Gasteiger partial charge is 0.397 e. The van der Waals surface area contributed by atoms with Crippen LogP contribution in [0.1, 0.15) is 0 Å². The smallest absolute Gasteiger partial charge is 0.0661 e. The molecule has 0 aliphatic heterocycles. The Morgan fingerprint density at radius 2 is 1.90 bits per heavy atom. The monoisotopic (exact) mass is 245 g/mol. The fourth-order valence-corrected chi connectivity index (χ4v) is 1.75. The van der Waals surface area contributed by atoms with E-state index in [9.17, 15) is 0 Å². The summed E-state index contributed by atoms with van der Waals surface area (Å²) in [5.41, 5.74) is 6.03. The van der Waals surface area contributed by atoms with Crippen molar-refractivity contribution in [1.82, 2.24) is 0 Å². The van der Waals surface area contributed by atoms with Crippen molar-refractivity contribution in [3.63, 3.8) is 0 Å². The molecule has 0 unspecified atom stereocenters. The molecule has 0 amide bonds. The highest BCUT2D eigenvalue weighted by atomic mass is 79.9. The van der Waals surface area contributed by atoms with Crippen LogP contribution in [0.2, 0.25) is 10.0 Å². The van der Waals surface area contributed by atoms with Crippen LogP contribution < -0.4 is 5.73 Å². The Bertz CT molecular complexity index is 239. The van der Waals surface area contributed by atoms with Crippen molar-refractivity contribution in [3.8, 4) is 0 Å². The quantitative estimate of drug-likeness (QED) is 0.699. The van der Waals surface area contributed by atoms with Gasteiger partial charge in [-0.3, -0.25) is 0 Å². The number of hydrogen-bond acceptors (Lipinski definition) is 1. The highest BCUT2D eigenvalue weighted by Gasteiger charge is 2.01. The number of nitrogens with two attached hydrogens (primary N) is 1. The molecule has 1 nitrogen and oxygen atoms in total.